The van der Waals surface area contributed by atoms with Crippen molar-refractivity contribution in [2.75, 3.05) is 5.75 Å². The molecule has 6 nitrogen and oxygen atoms in total. The molecule has 0 spiro atoms. The van der Waals surface area contributed by atoms with Gasteiger partial charge in [-0.1, -0.05) is 43.7 Å². The number of aliphatic hydroxyl groups is 1. The van der Waals surface area contributed by atoms with Crippen LogP contribution in [-0.2, 0) is 15.6 Å². The minimum Gasteiger partial charge on any atom is -0.389 e. The van der Waals surface area contributed by atoms with E-state index in [0.717, 1.165) is 44.9 Å². The van der Waals surface area contributed by atoms with Gasteiger partial charge in [0, 0.05) is 5.92 Å². The minimum absolute atomic E-state index is 0.201. The van der Waals surface area contributed by atoms with Crippen molar-refractivity contribution in [3.8, 4) is 0 Å². The Labute approximate surface area is 137 Å². The topological polar surface area (TPSA) is 93.3 Å². The van der Waals surface area contributed by atoms with E-state index in [9.17, 15) is 13.5 Å². The summed E-state index contributed by atoms with van der Waals surface area (Å²) in [6, 6.07) is 0. The second kappa shape index (κ2) is 6.89. The van der Waals surface area contributed by atoms with E-state index in [-0.39, 0.29) is 23.2 Å². The summed E-state index contributed by atoms with van der Waals surface area (Å²) in [7, 11) is -3.45. The molecular weight excluding hydrogens is 316 g/mol. The molecule has 0 radical (unpaired) electrons. The van der Waals surface area contributed by atoms with Crippen molar-refractivity contribution in [2.24, 2.45) is 0 Å². The summed E-state index contributed by atoms with van der Waals surface area (Å²) >= 11 is 0. The fourth-order valence-electron chi connectivity index (χ4n) is 3.85. The zero-order valence-electron chi connectivity index (χ0n) is 13.5. The summed E-state index contributed by atoms with van der Waals surface area (Å²) in [6.07, 6.45) is 9.60. The van der Waals surface area contributed by atoms with Gasteiger partial charge in [0.15, 0.2) is 15.7 Å². The second-order valence-electron chi connectivity index (χ2n) is 7.20. The smallest absolute Gasteiger partial charge is 0.229 e. The number of aromatic nitrogens is 2. The molecule has 2 aliphatic carbocycles. The molecule has 2 fully saturated rings. The van der Waals surface area contributed by atoms with Crippen LogP contribution in [-0.4, -0.2) is 35.0 Å². The average molecular weight is 342 g/mol. The highest BCUT2D eigenvalue weighted by Gasteiger charge is 2.35. The first-order valence-electron chi connectivity index (χ1n) is 8.71. The Hall–Kier alpha value is -0.950. The molecule has 0 unspecified atom stereocenters. The predicted molar refractivity (Wildman–Crippen MR) is 85.6 cm³/mol. The number of nitrogens with zero attached hydrogens (tertiary/aromatic N) is 2. The van der Waals surface area contributed by atoms with Gasteiger partial charge < -0.3 is 9.63 Å². The molecule has 130 valence electrons. The molecule has 2 aliphatic rings. The molecule has 0 aliphatic heterocycles. The van der Waals surface area contributed by atoms with Crippen LogP contribution in [0.3, 0.4) is 0 Å². The molecule has 0 amide bonds. The van der Waals surface area contributed by atoms with Crippen molar-refractivity contribution in [3.63, 3.8) is 0 Å². The standard InChI is InChI=1S/C16H26N2O4S/c19-16(9-5-2-6-10-16)12-23(20,21)11-14-17-15(22-18-14)13-7-3-1-4-8-13/h13,19H,1-12H2. The summed E-state index contributed by atoms with van der Waals surface area (Å²) in [6.45, 7) is 0. The zero-order valence-corrected chi connectivity index (χ0v) is 14.4. The third-order valence-corrected chi connectivity index (χ3v) is 6.74. The lowest BCUT2D eigenvalue weighted by Crippen LogP contribution is -2.39. The average Bonchev–Trinajstić information content (AvgIpc) is 2.95. The molecule has 1 aromatic heterocycles. The van der Waals surface area contributed by atoms with Crippen molar-refractivity contribution in [1.29, 1.82) is 0 Å². The Bertz CT molecular complexity index is 614. The highest BCUT2D eigenvalue weighted by molar-refractivity contribution is 7.90. The maximum absolute atomic E-state index is 12.4. The molecule has 1 N–H and O–H groups in total. The third kappa shape index (κ3) is 4.53. The van der Waals surface area contributed by atoms with Gasteiger partial charge in [-0.2, -0.15) is 4.98 Å². The van der Waals surface area contributed by atoms with Crippen LogP contribution in [0.5, 0.6) is 0 Å². The Kier molecular flexibility index (Phi) is 5.06. The predicted octanol–water partition coefficient (Wildman–Crippen LogP) is 2.73. The van der Waals surface area contributed by atoms with Gasteiger partial charge in [0.2, 0.25) is 5.89 Å². The fraction of sp³-hybridized carbons (Fsp3) is 0.875. The van der Waals surface area contributed by atoms with Crippen LogP contribution >= 0.6 is 0 Å². The highest BCUT2D eigenvalue weighted by Crippen LogP contribution is 2.32. The largest absolute Gasteiger partial charge is 0.389 e. The number of rotatable bonds is 5. The normalized spacial score (nSPS) is 23.0. The molecule has 7 heteroatoms. The lowest BCUT2D eigenvalue weighted by atomic mass is 9.86. The van der Waals surface area contributed by atoms with Gasteiger partial charge in [-0.05, 0) is 25.7 Å². The summed E-state index contributed by atoms with van der Waals surface area (Å²) in [5.41, 5.74) is -1.08. The van der Waals surface area contributed by atoms with E-state index in [2.05, 4.69) is 10.1 Å². The van der Waals surface area contributed by atoms with Crippen molar-refractivity contribution in [3.05, 3.63) is 11.7 Å². The first-order chi connectivity index (χ1) is 11.0. The highest BCUT2D eigenvalue weighted by atomic mass is 32.2. The molecule has 23 heavy (non-hydrogen) atoms. The number of sulfone groups is 1. The fourth-order valence-corrected chi connectivity index (χ4v) is 5.57. The monoisotopic (exact) mass is 342 g/mol. The first kappa shape index (κ1) is 16.9. The second-order valence-corrected chi connectivity index (χ2v) is 9.27. The van der Waals surface area contributed by atoms with Crippen molar-refractivity contribution in [2.45, 2.75) is 81.5 Å². The van der Waals surface area contributed by atoms with E-state index >= 15 is 0 Å². The van der Waals surface area contributed by atoms with Gasteiger partial charge in [0.1, 0.15) is 5.75 Å². The Balaban J connectivity index is 1.62. The van der Waals surface area contributed by atoms with E-state index in [1.165, 1.54) is 6.42 Å². The van der Waals surface area contributed by atoms with E-state index < -0.39 is 15.4 Å². The van der Waals surface area contributed by atoms with Gasteiger partial charge in [0.05, 0.1) is 11.4 Å². The van der Waals surface area contributed by atoms with Crippen LogP contribution in [0, 0.1) is 0 Å². The van der Waals surface area contributed by atoms with Crippen LogP contribution < -0.4 is 0 Å². The Morgan fingerprint density at radius 1 is 1.09 bits per heavy atom. The molecule has 1 heterocycles. The zero-order chi connectivity index (χ0) is 16.3. The van der Waals surface area contributed by atoms with E-state index in [1.54, 1.807) is 0 Å². The summed E-state index contributed by atoms with van der Waals surface area (Å²) in [5, 5.41) is 14.3. The van der Waals surface area contributed by atoms with Crippen LogP contribution in [0.15, 0.2) is 4.52 Å². The molecule has 0 aromatic carbocycles. The maximum atomic E-state index is 12.4. The summed E-state index contributed by atoms with van der Waals surface area (Å²) in [5.74, 6) is 0.630. The van der Waals surface area contributed by atoms with Gasteiger partial charge in [-0.25, -0.2) is 8.42 Å². The minimum atomic E-state index is -3.45. The molecule has 3 rings (SSSR count). The summed E-state index contributed by atoms with van der Waals surface area (Å²) in [4.78, 5) is 4.30. The van der Waals surface area contributed by atoms with E-state index in [1.807, 2.05) is 0 Å². The van der Waals surface area contributed by atoms with Crippen LogP contribution in [0.2, 0.25) is 0 Å². The number of hydrogen-bond acceptors (Lipinski definition) is 6. The SMILES string of the molecule is O=S(=O)(Cc1noc(C2CCCCC2)n1)CC1(O)CCCCC1. The van der Waals surface area contributed by atoms with Crippen molar-refractivity contribution >= 4 is 9.84 Å². The van der Waals surface area contributed by atoms with Crippen LogP contribution in [0.25, 0.3) is 0 Å². The first-order valence-corrected chi connectivity index (χ1v) is 10.5. The van der Waals surface area contributed by atoms with Crippen molar-refractivity contribution < 1.29 is 18.0 Å². The molecule has 2 saturated carbocycles. The summed E-state index contributed by atoms with van der Waals surface area (Å²) < 4.78 is 30.0. The molecular formula is C16H26N2O4S. The molecule has 0 bridgehead atoms. The van der Waals surface area contributed by atoms with Crippen LogP contribution in [0.1, 0.15) is 81.8 Å². The van der Waals surface area contributed by atoms with Gasteiger partial charge >= 0.3 is 0 Å². The van der Waals surface area contributed by atoms with Gasteiger partial charge in [-0.3, -0.25) is 0 Å². The lowest BCUT2D eigenvalue weighted by Gasteiger charge is -2.31. The molecule has 0 saturated heterocycles. The van der Waals surface area contributed by atoms with Crippen LogP contribution in [0.4, 0.5) is 0 Å². The Morgan fingerprint density at radius 3 is 2.43 bits per heavy atom. The third-order valence-electron chi connectivity index (χ3n) is 5.06. The van der Waals surface area contributed by atoms with Gasteiger partial charge in [-0.15, -0.1) is 0 Å². The van der Waals surface area contributed by atoms with E-state index in [0.29, 0.717) is 18.7 Å². The molecule has 1 aromatic rings. The van der Waals surface area contributed by atoms with Crippen molar-refractivity contribution in [1.82, 2.24) is 10.1 Å². The Morgan fingerprint density at radius 2 is 1.74 bits per heavy atom. The quantitative estimate of drug-likeness (QED) is 0.884. The maximum Gasteiger partial charge on any atom is 0.229 e. The van der Waals surface area contributed by atoms with E-state index in [4.69, 9.17) is 4.52 Å². The van der Waals surface area contributed by atoms with Gasteiger partial charge in [0.25, 0.3) is 0 Å². The molecule has 0 atom stereocenters. The number of hydrogen-bond donors (Lipinski definition) is 1. The lowest BCUT2D eigenvalue weighted by molar-refractivity contribution is 0.0257.